The van der Waals surface area contributed by atoms with Crippen LogP contribution in [0.1, 0.15) is 47.1 Å². The molecule has 0 bridgehead atoms. The summed E-state index contributed by atoms with van der Waals surface area (Å²) in [6.07, 6.45) is -2.90. The number of thioether (sulfide) groups is 1. The molecule has 0 aliphatic carbocycles. The average molecular weight is 608 g/mol. The number of hydrogen-bond donors (Lipinski definition) is 0. The van der Waals surface area contributed by atoms with Gasteiger partial charge < -0.3 is 9.80 Å². The highest BCUT2D eigenvalue weighted by atomic mass is 32.2. The third-order valence-electron chi connectivity index (χ3n) is 7.36. The van der Waals surface area contributed by atoms with Crippen molar-refractivity contribution in [2.45, 2.75) is 43.6 Å². The molecular weight excluding hydrogens is 575 g/mol. The number of para-hydroxylation sites is 1. The molecule has 5 rings (SSSR count). The van der Waals surface area contributed by atoms with Crippen molar-refractivity contribution >= 4 is 23.6 Å². The first kappa shape index (κ1) is 30.3. The Balaban J connectivity index is 1.15. The van der Waals surface area contributed by atoms with E-state index in [9.17, 15) is 22.8 Å². The van der Waals surface area contributed by atoms with E-state index in [1.807, 2.05) is 55.5 Å². The predicted molar refractivity (Wildman–Crippen MR) is 159 cm³/mol. The second-order valence-corrected chi connectivity index (χ2v) is 11.5. The van der Waals surface area contributed by atoms with Crippen LogP contribution in [0, 0.1) is 0 Å². The summed E-state index contributed by atoms with van der Waals surface area (Å²) in [7, 11) is 0. The highest BCUT2D eigenvalue weighted by Crippen LogP contribution is 2.30. The second kappa shape index (κ2) is 13.5. The maximum absolute atomic E-state index is 13.1. The lowest BCUT2D eigenvalue weighted by Crippen LogP contribution is -2.55. The normalized spacial score (nSPS) is 15.5. The fraction of sp³-hybridized carbons (Fsp3) is 0.312. The molecule has 2 amide bonds. The van der Waals surface area contributed by atoms with Crippen molar-refractivity contribution in [2.24, 2.45) is 0 Å². The monoisotopic (exact) mass is 607 g/mol. The molecule has 0 spiro atoms. The first-order valence-corrected chi connectivity index (χ1v) is 15.1. The van der Waals surface area contributed by atoms with Gasteiger partial charge in [0.2, 0.25) is 5.91 Å². The van der Waals surface area contributed by atoms with Gasteiger partial charge in [0.25, 0.3) is 5.91 Å². The smallest absolute Gasteiger partial charge is 0.339 e. The van der Waals surface area contributed by atoms with Gasteiger partial charge in [0.05, 0.1) is 5.56 Å². The molecule has 1 aliphatic heterocycles. The van der Waals surface area contributed by atoms with E-state index in [4.69, 9.17) is 0 Å². The Morgan fingerprint density at radius 3 is 2.35 bits per heavy atom. The highest BCUT2D eigenvalue weighted by molar-refractivity contribution is 7.99. The van der Waals surface area contributed by atoms with Gasteiger partial charge in [-0.2, -0.15) is 13.2 Å². The number of amides is 2. The van der Waals surface area contributed by atoms with Crippen molar-refractivity contribution in [2.75, 3.05) is 25.4 Å². The van der Waals surface area contributed by atoms with Crippen molar-refractivity contribution in [3.05, 3.63) is 107 Å². The van der Waals surface area contributed by atoms with Gasteiger partial charge in [-0.15, -0.1) is 10.2 Å². The number of benzene rings is 3. The largest absolute Gasteiger partial charge is 0.416 e. The van der Waals surface area contributed by atoms with Crippen molar-refractivity contribution < 1.29 is 22.8 Å². The number of rotatable bonds is 9. The molecule has 11 heteroatoms. The van der Waals surface area contributed by atoms with E-state index >= 15 is 0 Å². The zero-order valence-corrected chi connectivity index (χ0v) is 24.5. The number of carbonyl (C=O) groups is 2. The molecule has 1 unspecified atom stereocenters. The number of aromatic nitrogens is 3. The van der Waals surface area contributed by atoms with Crippen molar-refractivity contribution in [3.63, 3.8) is 0 Å². The summed E-state index contributed by atoms with van der Waals surface area (Å²) in [6, 6.07) is 24.2. The van der Waals surface area contributed by atoms with Crippen LogP contribution in [-0.4, -0.2) is 67.8 Å². The summed E-state index contributed by atoms with van der Waals surface area (Å²) in [6.45, 7) is 2.75. The molecule has 3 aromatic carbocycles. The molecule has 1 fully saturated rings. The molecule has 4 aromatic rings. The van der Waals surface area contributed by atoms with E-state index in [0.717, 1.165) is 34.4 Å². The van der Waals surface area contributed by atoms with E-state index in [2.05, 4.69) is 26.9 Å². The Kier molecular flexibility index (Phi) is 9.49. The third-order valence-corrected chi connectivity index (χ3v) is 8.38. The molecule has 1 aromatic heterocycles. The van der Waals surface area contributed by atoms with Crippen LogP contribution < -0.4 is 0 Å². The summed E-state index contributed by atoms with van der Waals surface area (Å²) < 4.78 is 41.4. The lowest BCUT2D eigenvalue weighted by atomic mass is 10.1. The molecule has 1 saturated heterocycles. The number of halogens is 3. The van der Waals surface area contributed by atoms with E-state index in [0.29, 0.717) is 38.1 Å². The minimum absolute atomic E-state index is 0.00578. The number of nitrogens with zero attached hydrogens (tertiary/aromatic N) is 5. The average Bonchev–Trinajstić information content (AvgIpc) is 3.41. The molecular formula is C32H32F3N5O2S. The topological polar surface area (TPSA) is 71.3 Å². The Labute approximate surface area is 252 Å². The van der Waals surface area contributed by atoms with Crippen molar-refractivity contribution in [1.82, 2.24) is 24.6 Å². The van der Waals surface area contributed by atoms with E-state index in [-0.39, 0.29) is 24.1 Å². The Morgan fingerprint density at radius 2 is 1.65 bits per heavy atom. The van der Waals surface area contributed by atoms with Crippen LogP contribution in [0.15, 0.2) is 90.1 Å². The quantitative estimate of drug-likeness (QED) is 0.169. The molecule has 43 heavy (non-hydrogen) atoms. The van der Waals surface area contributed by atoms with Gasteiger partial charge in [-0.3, -0.25) is 14.2 Å². The lowest BCUT2D eigenvalue weighted by molar-refractivity contribution is -0.137. The number of hydrogen-bond acceptors (Lipinski definition) is 5. The van der Waals surface area contributed by atoms with Gasteiger partial charge in [0.15, 0.2) is 5.16 Å². The first-order valence-electron chi connectivity index (χ1n) is 14.1. The van der Waals surface area contributed by atoms with Crippen LogP contribution in [0.4, 0.5) is 13.2 Å². The standard InChI is InChI=1S/C32H32F3N5O2S/c1-23-22-38(17-18-39(23)30(42)25-12-8-13-26(21-25)32(33,34)35)29(41)16-9-19-43-31-37-36-28(20-24-10-4-2-5-11-24)40(31)27-14-6-3-7-15-27/h2-8,10-15,21,23H,9,16-20,22H2,1H3. The third kappa shape index (κ3) is 7.45. The van der Waals surface area contributed by atoms with Crippen molar-refractivity contribution in [1.29, 1.82) is 0 Å². The van der Waals surface area contributed by atoms with Crippen LogP contribution >= 0.6 is 11.8 Å². The van der Waals surface area contributed by atoms with Crippen LogP contribution in [-0.2, 0) is 17.4 Å². The molecule has 2 heterocycles. The minimum Gasteiger partial charge on any atom is -0.339 e. The van der Waals surface area contributed by atoms with Gasteiger partial charge in [-0.1, -0.05) is 66.4 Å². The van der Waals surface area contributed by atoms with E-state index < -0.39 is 17.6 Å². The summed E-state index contributed by atoms with van der Waals surface area (Å²) in [5.41, 5.74) is 1.25. The molecule has 0 N–H and O–H groups in total. The number of alkyl halides is 3. The zero-order valence-electron chi connectivity index (χ0n) is 23.7. The maximum atomic E-state index is 13.1. The SMILES string of the molecule is CC1CN(C(=O)CCCSc2nnc(Cc3ccccc3)n2-c2ccccc2)CCN1C(=O)c1cccc(C(F)(F)F)c1. The Bertz CT molecular complexity index is 1550. The molecule has 1 aliphatic rings. The second-order valence-electron chi connectivity index (χ2n) is 10.5. The minimum atomic E-state index is -4.52. The van der Waals surface area contributed by atoms with Crippen LogP contribution in [0.5, 0.6) is 0 Å². The Hall–Kier alpha value is -4.12. The summed E-state index contributed by atoms with van der Waals surface area (Å²) >= 11 is 1.55. The van der Waals surface area contributed by atoms with Gasteiger partial charge >= 0.3 is 6.18 Å². The van der Waals surface area contributed by atoms with Gasteiger partial charge in [-0.25, -0.2) is 0 Å². The maximum Gasteiger partial charge on any atom is 0.416 e. The predicted octanol–water partition coefficient (Wildman–Crippen LogP) is 6.12. The van der Waals surface area contributed by atoms with Gasteiger partial charge in [-0.05, 0) is 49.2 Å². The zero-order chi connectivity index (χ0) is 30.4. The fourth-order valence-corrected chi connectivity index (χ4v) is 6.06. The summed E-state index contributed by atoms with van der Waals surface area (Å²) in [5, 5.41) is 9.69. The highest BCUT2D eigenvalue weighted by Gasteiger charge is 2.33. The molecule has 7 nitrogen and oxygen atoms in total. The lowest BCUT2D eigenvalue weighted by Gasteiger charge is -2.40. The van der Waals surface area contributed by atoms with Crippen LogP contribution in [0.3, 0.4) is 0 Å². The molecule has 224 valence electrons. The molecule has 0 radical (unpaired) electrons. The number of piperazine rings is 1. The molecule has 0 saturated carbocycles. The van der Waals surface area contributed by atoms with Gasteiger partial charge in [0, 0.05) is 55.5 Å². The summed E-state index contributed by atoms with van der Waals surface area (Å²) in [5.74, 6) is 1.04. The fourth-order valence-electron chi connectivity index (χ4n) is 5.15. The first-order chi connectivity index (χ1) is 20.7. The van der Waals surface area contributed by atoms with E-state index in [1.54, 1.807) is 21.6 Å². The summed E-state index contributed by atoms with van der Waals surface area (Å²) in [4.78, 5) is 29.3. The van der Waals surface area contributed by atoms with Gasteiger partial charge in [0.1, 0.15) is 5.82 Å². The van der Waals surface area contributed by atoms with Crippen LogP contribution in [0.2, 0.25) is 0 Å². The van der Waals surface area contributed by atoms with Crippen LogP contribution in [0.25, 0.3) is 5.69 Å². The molecule has 1 atom stereocenters. The van der Waals surface area contributed by atoms with Crippen molar-refractivity contribution in [3.8, 4) is 5.69 Å². The number of carbonyl (C=O) groups excluding carboxylic acids is 2. The Morgan fingerprint density at radius 1 is 0.930 bits per heavy atom. The van der Waals surface area contributed by atoms with E-state index in [1.165, 1.54) is 12.1 Å².